The summed E-state index contributed by atoms with van der Waals surface area (Å²) in [5, 5.41) is 0.741. The molecule has 2 aliphatic heterocycles. The Morgan fingerprint density at radius 1 is 1.14 bits per heavy atom. The lowest BCUT2D eigenvalue weighted by atomic mass is 9.68. The monoisotopic (exact) mass is 612 g/mol. The quantitative estimate of drug-likeness (QED) is 0.404. The number of hydrogen-bond acceptors (Lipinski definition) is 6. The summed E-state index contributed by atoms with van der Waals surface area (Å²) in [6.07, 6.45) is 10.1. The topological polar surface area (TPSA) is 84.9 Å². The van der Waals surface area contributed by atoms with Crippen molar-refractivity contribution in [3.05, 3.63) is 64.7 Å². The first-order chi connectivity index (χ1) is 20.1. The van der Waals surface area contributed by atoms with Crippen molar-refractivity contribution < 1.29 is 22.7 Å². The maximum Gasteiger partial charge on any atom is 0.264 e. The maximum atomic E-state index is 13.5. The molecule has 4 aliphatic rings. The summed E-state index contributed by atoms with van der Waals surface area (Å²) in [7, 11) is -2.30. The van der Waals surface area contributed by atoms with Crippen LogP contribution in [0.25, 0.3) is 0 Å². The number of fused-ring (bicyclic) bond motifs is 4. The normalized spacial score (nSPS) is 32.5. The number of rotatable bonds is 1. The van der Waals surface area contributed by atoms with Crippen LogP contribution in [-0.4, -0.2) is 47.2 Å². The molecule has 1 saturated carbocycles. The first kappa shape index (κ1) is 29.5. The van der Waals surface area contributed by atoms with Gasteiger partial charge < -0.3 is 14.4 Å². The predicted octanol–water partition coefficient (Wildman–Crippen LogP) is 5.89. The van der Waals surface area contributed by atoms with E-state index in [0.29, 0.717) is 37.2 Å². The van der Waals surface area contributed by atoms with E-state index in [2.05, 4.69) is 33.9 Å². The number of halogens is 1. The van der Waals surface area contributed by atoms with Gasteiger partial charge in [0.25, 0.3) is 10.0 Å². The summed E-state index contributed by atoms with van der Waals surface area (Å²) in [4.78, 5) is 15.5. The fourth-order valence-corrected chi connectivity index (χ4v) is 8.65. The Balaban J connectivity index is 1.44. The minimum absolute atomic E-state index is 0.00564. The Morgan fingerprint density at radius 3 is 2.74 bits per heavy atom. The molecule has 1 spiro atoms. The van der Waals surface area contributed by atoms with E-state index in [1.54, 1.807) is 32.2 Å². The Kier molecular flexibility index (Phi) is 8.09. The second-order valence-electron chi connectivity index (χ2n) is 12.8. The van der Waals surface area contributed by atoms with Crippen LogP contribution in [0.15, 0.2) is 53.4 Å². The summed E-state index contributed by atoms with van der Waals surface area (Å²) in [5.74, 6) is 0.419. The molecule has 2 aromatic carbocycles. The summed E-state index contributed by atoms with van der Waals surface area (Å²) in [6.45, 7) is 5.73. The molecule has 226 valence electrons. The summed E-state index contributed by atoms with van der Waals surface area (Å²) < 4.78 is 41.9. The lowest BCUT2D eigenvalue weighted by Crippen LogP contribution is -2.49. The number of benzene rings is 2. The van der Waals surface area contributed by atoms with Crippen LogP contribution in [-0.2, 0) is 31.4 Å². The molecule has 2 aliphatic carbocycles. The van der Waals surface area contributed by atoms with Crippen LogP contribution in [0.3, 0.4) is 0 Å². The third kappa shape index (κ3) is 5.46. The minimum Gasteiger partial charge on any atom is -0.490 e. The highest BCUT2D eigenvalue weighted by atomic mass is 35.5. The number of amides is 1. The third-order valence-electron chi connectivity index (χ3n) is 10.3. The van der Waals surface area contributed by atoms with Gasteiger partial charge >= 0.3 is 0 Å². The van der Waals surface area contributed by atoms with Gasteiger partial charge in [-0.2, -0.15) is 0 Å². The zero-order chi connectivity index (χ0) is 29.6. The zero-order valence-electron chi connectivity index (χ0n) is 24.6. The SMILES string of the molecule is CO[C@@H]1C=CC[C@H](C)[C@@H](C)C(=O)NS(=O)(=O)c2ccc3c(c2)N(C[C@@H]2CC[C@H]21)C[C@@]1(CCCc2cc(Cl)ccc21)CO3. The molecule has 7 nitrogen and oxygen atoms in total. The predicted molar refractivity (Wildman–Crippen MR) is 165 cm³/mol. The largest absolute Gasteiger partial charge is 0.490 e. The first-order valence-electron chi connectivity index (χ1n) is 15.2. The zero-order valence-corrected chi connectivity index (χ0v) is 26.2. The van der Waals surface area contributed by atoms with Crippen LogP contribution in [0.2, 0.25) is 5.02 Å². The van der Waals surface area contributed by atoms with E-state index >= 15 is 0 Å². The standard InChI is InChI=1S/C33H41ClN2O5S/c1-21-6-4-8-30(40-3)27-12-9-24(27)18-36-19-33(15-5-7-23-16-25(34)10-13-28(23)33)20-41-31-14-11-26(17-29(31)36)42(38,39)35-32(37)22(21)2/h4,8,10-11,13-14,16-17,21-22,24,27,30H,5-7,9,12,15,18-20H2,1-3H3,(H,35,37)/t21-,22+,24-,27+,30+,33-/m0/s1. The van der Waals surface area contributed by atoms with Crippen molar-refractivity contribution in [3.8, 4) is 5.75 Å². The molecule has 0 saturated heterocycles. The number of sulfonamides is 1. The van der Waals surface area contributed by atoms with Gasteiger partial charge in [-0.1, -0.05) is 43.7 Å². The average molecular weight is 613 g/mol. The number of carbonyl (C=O) groups is 1. The van der Waals surface area contributed by atoms with Gasteiger partial charge in [-0.3, -0.25) is 4.79 Å². The van der Waals surface area contributed by atoms with Crippen LogP contribution >= 0.6 is 11.6 Å². The van der Waals surface area contributed by atoms with Crippen molar-refractivity contribution >= 4 is 33.2 Å². The molecule has 42 heavy (non-hydrogen) atoms. The van der Waals surface area contributed by atoms with Crippen molar-refractivity contribution in [2.45, 2.75) is 68.8 Å². The molecule has 0 aromatic heterocycles. The molecule has 0 radical (unpaired) electrons. The highest BCUT2D eigenvalue weighted by molar-refractivity contribution is 7.90. The van der Waals surface area contributed by atoms with Crippen LogP contribution in [0.1, 0.15) is 57.1 Å². The Morgan fingerprint density at radius 2 is 1.98 bits per heavy atom. The van der Waals surface area contributed by atoms with Gasteiger partial charge in [0.05, 0.1) is 23.3 Å². The van der Waals surface area contributed by atoms with E-state index in [0.717, 1.165) is 49.4 Å². The second kappa shape index (κ2) is 11.5. The van der Waals surface area contributed by atoms with Crippen molar-refractivity contribution in [2.24, 2.45) is 23.7 Å². The number of ether oxygens (including phenoxy) is 2. The number of nitrogens with one attached hydrogen (secondary N) is 1. The van der Waals surface area contributed by atoms with E-state index < -0.39 is 21.8 Å². The number of nitrogens with zero attached hydrogens (tertiary/aromatic N) is 1. The van der Waals surface area contributed by atoms with Gasteiger partial charge in [0.2, 0.25) is 5.91 Å². The molecular formula is C33H41ClN2O5S. The van der Waals surface area contributed by atoms with Crippen molar-refractivity contribution in [1.82, 2.24) is 4.72 Å². The molecule has 2 heterocycles. The maximum absolute atomic E-state index is 13.5. The van der Waals surface area contributed by atoms with Gasteiger partial charge in [-0.25, -0.2) is 13.1 Å². The molecule has 9 heteroatoms. The number of anilines is 1. The van der Waals surface area contributed by atoms with E-state index in [9.17, 15) is 13.2 Å². The van der Waals surface area contributed by atoms with Crippen LogP contribution < -0.4 is 14.4 Å². The van der Waals surface area contributed by atoms with Crippen LogP contribution in [0.4, 0.5) is 5.69 Å². The van der Waals surface area contributed by atoms with Crippen LogP contribution in [0, 0.1) is 23.7 Å². The summed E-state index contributed by atoms with van der Waals surface area (Å²) in [6, 6.07) is 11.2. The van der Waals surface area contributed by atoms with Crippen molar-refractivity contribution in [3.63, 3.8) is 0 Å². The Hall–Kier alpha value is -2.55. The number of hydrogen-bond donors (Lipinski definition) is 1. The molecule has 1 N–H and O–H groups in total. The highest BCUT2D eigenvalue weighted by Crippen LogP contribution is 2.47. The van der Waals surface area contributed by atoms with Gasteiger partial charge in [0, 0.05) is 36.6 Å². The van der Waals surface area contributed by atoms with E-state index in [-0.39, 0.29) is 22.3 Å². The number of methoxy groups -OCH3 is 1. The number of aryl methyl sites for hydroxylation is 1. The molecule has 1 amide bonds. The third-order valence-corrected chi connectivity index (χ3v) is 11.9. The van der Waals surface area contributed by atoms with Gasteiger partial charge in [-0.15, -0.1) is 0 Å². The van der Waals surface area contributed by atoms with Gasteiger partial charge in [0.15, 0.2) is 0 Å². The second-order valence-corrected chi connectivity index (χ2v) is 15.0. The molecule has 2 bridgehead atoms. The smallest absolute Gasteiger partial charge is 0.264 e. The highest BCUT2D eigenvalue weighted by Gasteiger charge is 2.44. The fourth-order valence-electron chi connectivity index (χ4n) is 7.37. The molecule has 6 atom stereocenters. The van der Waals surface area contributed by atoms with Crippen molar-refractivity contribution in [1.29, 1.82) is 0 Å². The van der Waals surface area contributed by atoms with E-state index in [1.165, 1.54) is 11.1 Å². The van der Waals surface area contributed by atoms with Gasteiger partial charge in [0.1, 0.15) is 5.75 Å². The average Bonchev–Trinajstić information content (AvgIpc) is 3.10. The lowest BCUT2D eigenvalue weighted by molar-refractivity contribution is -0.124. The molecule has 2 aromatic rings. The fraction of sp³-hybridized carbons (Fsp3) is 0.545. The molecule has 1 fully saturated rings. The number of allylic oxidation sites excluding steroid dienone is 1. The number of carbonyl (C=O) groups excluding carboxylic acids is 1. The molecular weight excluding hydrogens is 572 g/mol. The van der Waals surface area contributed by atoms with Gasteiger partial charge in [-0.05, 0) is 97.7 Å². The van der Waals surface area contributed by atoms with Crippen molar-refractivity contribution in [2.75, 3.05) is 31.7 Å². The summed E-state index contributed by atoms with van der Waals surface area (Å²) >= 11 is 6.40. The molecule has 6 rings (SSSR count). The first-order valence-corrected chi connectivity index (χ1v) is 17.0. The Bertz CT molecular complexity index is 1490. The molecule has 0 unspecified atom stereocenters. The Labute approximate surface area is 254 Å². The lowest BCUT2D eigenvalue weighted by Gasteiger charge is -2.46. The van der Waals surface area contributed by atoms with E-state index in [4.69, 9.17) is 21.1 Å². The van der Waals surface area contributed by atoms with E-state index in [1.807, 2.05) is 13.0 Å². The van der Waals surface area contributed by atoms with Crippen LogP contribution in [0.5, 0.6) is 5.75 Å². The summed E-state index contributed by atoms with van der Waals surface area (Å²) in [5.41, 5.74) is 3.03. The minimum atomic E-state index is -4.07.